The number of nitrogens with zero attached hydrogens (tertiary/aromatic N) is 3. The summed E-state index contributed by atoms with van der Waals surface area (Å²) in [6.07, 6.45) is 1.77. The van der Waals surface area contributed by atoms with Crippen molar-refractivity contribution < 1.29 is 0 Å². The summed E-state index contributed by atoms with van der Waals surface area (Å²) in [5.41, 5.74) is 3.86. The summed E-state index contributed by atoms with van der Waals surface area (Å²) in [5, 5.41) is 4.00. The van der Waals surface area contributed by atoms with Gasteiger partial charge in [-0.1, -0.05) is 41.4 Å². The third-order valence-corrected chi connectivity index (χ3v) is 4.70. The largest absolute Gasteiger partial charge is 0.292 e. The van der Waals surface area contributed by atoms with Crippen LogP contribution in [0.4, 0.5) is 0 Å². The fraction of sp³-hybridized carbons (Fsp3) is 0. The van der Waals surface area contributed by atoms with Gasteiger partial charge in [0.05, 0.1) is 21.6 Å². The van der Waals surface area contributed by atoms with Crippen molar-refractivity contribution in [3.63, 3.8) is 0 Å². The van der Waals surface area contributed by atoms with Crippen LogP contribution in [-0.2, 0) is 0 Å². The van der Waals surface area contributed by atoms with Gasteiger partial charge in [-0.25, -0.2) is 9.97 Å². The summed E-state index contributed by atoms with van der Waals surface area (Å²) in [7, 11) is 0. The van der Waals surface area contributed by atoms with Gasteiger partial charge in [-0.2, -0.15) is 0 Å². The van der Waals surface area contributed by atoms with Gasteiger partial charge in [0, 0.05) is 22.4 Å². The third kappa shape index (κ3) is 1.72. The van der Waals surface area contributed by atoms with Crippen LogP contribution in [0.3, 0.4) is 0 Å². The first-order chi connectivity index (χ1) is 11.2. The van der Waals surface area contributed by atoms with Gasteiger partial charge in [-0.05, 0) is 30.3 Å². The summed E-state index contributed by atoms with van der Waals surface area (Å²) < 4.78 is 2.13. The van der Waals surface area contributed by atoms with E-state index in [2.05, 4.69) is 21.5 Å². The van der Waals surface area contributed by atoms with Crippen LogP contribution in [0.2, 0.25) is 10.2 Å². The van der Waals surface area contributed by atoms with E-state index in [1.807, 2.05) is 36.4 Å². The number of rotatable bonds is 0. The zero-order valence-electron chi connectivity index (χ0n) is 11.8. The van der Waals surface area contributed by atoms with Crippen molar-refractivity contribution >= 4 is 61.6 Å². The Morgan fingerprint density at radius 2 is 1.70 bits per heavy atom. The topological polar surface area (TPSA) is 30.2 Å². The Bertz CT molecular complexity index is 1240. The molecule has 0 bridgehead atoms. The standard InChI is InChI=1S/C18H9Cl2N3/c19-12-4-3-7-15-17(12)11-9-21-16(20)8-10(11)18-22-13-5-1-2-6-14(13)23(15)18/h1-9H. The SMILES string of the molecule is Clc1cc2c(cn1)c1c(Cl)cccc1n1c3ccccc3nc21. The molecule has 5 aromatic rings. The van der Waals surface area contributed by atoms with Crippen molar-refractivity contribution in [2.45, 2.75) is 0 Å². The summed E-state index contributed by atoms with van der Waals surface area (Å²) in [6.45, 7) is 0. The molecule has 0 fully saturated rings. The van der Waals surface area contributed by atoms with Crippen molar-refractivity contribution in [3.05, 3.63) is 64.9 Å². The summed E-state index contributed by atoms with van der Waals surface area (Å²) in [5.74, 6) is 0. The first kappa shape index (κ1) is 13.1. The third-order valence-electron chi connectivity index (χ3n) is 4.17. The van der Waals surface area contributed by atoms with E-state index < -0.39 is 0 Å². The highest BCUT2D eigenvalue weighted by Gasteiger charge is 2.15. The lowest BCUT2D eigenvalue weighted by Crippen LogP contribution is -1.92. The molecule has 0 unspecified atom stereocenters. The molecule has 0 aliphatic rings. The maximum atomic E-state index is 6.50. The molecule has 2 aromatic carbocycles. The summed E-state index contributed by atoms with van der Waals surface area (Å²) >= 11 is 12.6. The highest BCUT2D eigenvalue weighted by molar-refractivity contribution is 6.38. The van der Waals surface area contributed by atoms with E-state index >= 15 is 0 Å². The van der Waals surface area contributed by atoms with E-state index in [-0.39, 0.29) is 0 Å². The van der Waals surface area contributed by atoms with Crippen molar-refractivity contribution in [2.24, 2.45) is 0 Å². The molecular formula is C18H9Cl2N3. The van der Waals surface area contributed by atoms with Crippen LogP contribution < -0.4 is 0 Å². The smallest absolute Gasteiger partial charge is 0.146 e. The fourth-order valence-corrected chi connectivity index (χ4v) is 3.66. The number of aromatic nitrogens is 3. The highest BCUT2D eigenvalue weighted by Crippen LogP contribution is 2.36. The van der Waals surface area contributed by atoms with Crippen molar-refractivity contribution in [3.8, 4) is 0 Å². The van der Waals surface area contributed by atoms with E-state index in [9.17, 15) is 0 Å². The second kappa shape index (κ2) is 4.57. The Labute approximate surface area is 141 Å². The number of benzene rings is 2. The minimum Gasteiger partial charge on any atom is -0.292 e. The first-order valence-electron chi connectivity index (χ1n) is 7.17. The van der Waals surface area contributed by atoms with Crippen LogP contribution in [0.5, 0.6) is 0 Å². The van der Waals surface area contributed by atoms with Crippen LogP contribution in [0.1, 0.15) is 0 Å². The average Bonchev–Trinajstić information content (AvgIpc) is 2.95. The van der Waals surface area contributed by atoms with Gasteiger partial charge in [0.2, 0.25) is 0 Å². The van der Waals surface area contributed by atoms with Crippen LogP contribution in [0.25, 0.3) is 38.4 Å². The van der Waals surface area contributed by atoms with E-state index in [4.69, 9.17) is 28.2 Å². The zero-order chi connectivity index (χ0) is 15.6. The van der Waals surface area contributed by atoms with Gasteiger partial charge in [0.1, 0.15) is 10.8 Å². The number of imidazole rings is 1. The minimum atomic E-state index is 0.442. The minimum absolute atomic E-state index is 0.442. The van der Waals surface area contributed by atoms with Gasteiger partial charge in [0.15, 0.2) is 0 Å². The molecule has 0 amide bonds. The molecule has 5 heteroatoms. The molecule has 0 N–H and O–H groups in total. The fourth-order valence-electron chi connectivity index (χ4n) is 3.23. The quantitative estimate of drug-likeness (QED) is 0.276. The molecule has 0 spiro atoms. The molecule has 3 aromatic heterocycles. The molecule has 0 saturated carbocycles. The molecule has 0 radical (unpaired) electrons. The molecule has 0 saturated heterocycles. The molecule has 0 atom stereocenters. The highest BCUT2D eigenvalue weighted by atomic mass is 35.5. The number of pyridine rings is 2. The van der Waals surface area contributed by atoms with E-state index in [1.165, 1.54) is 0 Å². The lowest BCUT2D eigenvalue weighted by atomic mass is 10.1. The average molecular weight is 338 g/mol. The number of para-hydroxylation sites is 2. The number of hydrogen-bond donors (Lipinski definition) is 0. The Kier molecular flexibility index (Phi) is 2.61. The van der Waals surface area contributed by atoms with Crippen molar-refractivity contribution in [2.75, 3.05) is 0 Å². The number of halogens is 2. The maximum Gasteiger partial charge on any atom is 0.146 e. The molecule has 110 valence electrons. The Morgan fingerprint density at radius 3 is 2.61 bits per heavy atom. The first-order valence-corrected chi connectivity index (χ1v) is 7.92. The van der Waals surface area contributed by atoms with E-state index in [1.54, 1.807) is 6.20 Å². The van der Waals surface area contributed by atoms with E-state index in [0.29, 0.717) is 10.2 Å². The van der Waals surface area contributed by atoms with Crippen molar-refractivity contribution in [1.82, 2.24) is 14.4 Å². The second-order valence-electron chi connectivity index (χ2n) is 5.45. The van der Waals surface area contributed by atoms with Gasteiger partial charge >= 0.3 is 0 Å². The molecular weight excluding hydrogens is 329 g/mol. The van der Waals surface area contributed by atoms with Gasteiger partial charge < -0.3 is 0 Å². The predicted octanol–water partition coefficient (Wildman–Crippen LogP) is 5.50. The molecule has 0 aliphatic carbocycles. The molecule has 3 nitrogen and oxygen atoms in total. The normalized spacial score (nSPS) is 11.9. The molecule has 5 rings (SSSR count). The van der Waals surface area contributed by atoms with Gasteiger partial charge in [-0.3, -0.25) is 4.40 Å². The monoisotopic (exact) mass is 337 g/mol. The maximum absolute atomic E-state index is 6.50. The number of hydrogen-bond acceptors (Lipinski definition) is 2. The number of fused-ring (bicyclic) bond motifs is 8. The van der Waals surface area contributed by atoms with E-state index in [0.717, 1.165) is 38.4 Å². The summed E-state index contributed by atoms with van der Waals surface area (Å²) in [6, 6.07) is 15.8. The lowest BCUT2D eigenvalue weighted by molar-refractivity contribution is 1.30. The Hall–Kier alpha value is -2.36. The molecule has 23 heavy (non-hydrogen) atoms. The second-order valence-corrected chi connectivity index (χ2v) is 6.24. The van der Waals surface area contributed by atoms with Crippen LogP contribution >= 0.6 is 23.2 Å². The van der Waals surface area contributed by atoms with Crippen LogP contribution in [-0.4, -0.2) is 14.4 Å². The zero-order valence-corrected chi connectivity index (χ0v) is 13.3. The summed E-state index contributed by atoms with van der Waals surface area (Å²) in [4.78, 5) is 9.03. The predicted molar refractivity (Wildman–Crippen MR) is 95.5 cm³/mol. The lowest BCUT2D eigenvalue weighted by Gasteiger charge is -2.10. The van der Waals surface area contributed by atoms with Gasteiger partial charge in [0.25, 0.3) is 0 Å². The Morgan fingerprint density at radius 1 is 0.870 bits per heavy atom. The van der Waals surface area contributed by atoms with Crippen LogP contribution in [0, 0.1) is 0 Å². The Balaban J connectivity index is 2.24. The molecule has 3 heterocycles. The van der Waals surface area contributed by atoms with Crippen LogP contribution in [0.15, 0.2) is 54.7 Å². The van der Waals surface area contributed by atoms with Crippen molar-refractivity contribution in [1.29, 1.82) is 0 Å². The van der Waals surface area contributed by atoms with Gasteiger partial charge in [-0.15, -0.1) is 0 Å². The molecule has 0 aliphatic heterocycles.